The van der Waals surface area contributed by atoms with Crippen molar-refractivity contribution in [1.29, 1.82) is 0 Å². The van der Waals surface area contributed by atoms with Gasteiger partial charge in [-0.05, 0) is 24.3 Å². The molecule has 0 spiro atoms. The Labute approximate surface area is 199 Å². The third-order valence-corrected chi connectivity index (χ3v) is 5.41. The Morgan fingerprint density at radius 1 is 1.11 bits per heavy atom. The molecule has 0 radical (unpaired) electrons. The van der Waals surface area contributed by atoms with Gasteiger partial charge in [-0.3, -0.25) is 9.78 Å². The molecular formula is C24H25F3N4O4. The molecule has 186 valence electrons. The molecule has 8 nitrogen and oxygen atoms in total. The van der Waals surface area contributed by atoms with Crippen molar-refractivity contribution in [2.45, 2.75) is 19.3 Å². The molecule has 0 aliphatic heterocycles. The van der Waals surface area contributed by atoms with Gasteiger partial charge in [-0.1, -0.05) is 24.3 Å². The molecule has 0 saturated heterocycles. The molecule has 35 heavy (non-hydrogen) atoms. The lowest BCUT2D eigenvalue weighted by Gasteiger charge is -2.18. The lowest BCUT2D eigenvalue weighted by Crippen LogP contribution is -2.29. The van der Waals surface area contributed by atoms with E-state index in [1.54, 1.807) is 18.2 Å². The first-order valence-electron chi connectivity index (χ1n) is 10.6. The number of carboxylic acid groups (broad SMARTS) is 1. The molecule has 1 amide bonds. The van der Waals surface area contributed by atoms with Crippen LogP contribution in [0.25, 0.3) is 21.9 Å². The van der Waals surface area contributed by atoms with Gasteiger partial charge in [-0.15, -0.1) is 0 Å². The Kier molecular flexibility index (Phi) is 7.80. The Morgan fingerprint density at radius 3 is 2.37 bits per heavy atom. The number of hydrogen-bond acceptors (Lipinski definition) is 4. The predicted octanol–water partition coefficient (Wildman–Crippen LogP) is 4.08. The topological polar surface area (TPSA) is 89.6 Å². The lowest BCUT2D eigenvalue weighted by molar-refractivity contribution is -0.192. The second kappa shape index (κ2) is 10.6. The first-order chi connectivity index (χ1) is 16.6. The average Bonchev–Trinajstić information content (AvgIpc) is 3.33. The van der Waals surface area contributed by atoms with E-state index in [2.05, 4.69) is 26.3 Å². The maximum absolute atomic E-state index is 13.3. The quantitative estimate of drug-likeness (QED) is 0.440. The van der Waals surface area contributed by atoms with Crippen LogP contribution in [0.3, 0.4) is 0 Å². The van der Waals surface area contributed by atoms with E-state index in [1.807, 2.05) is 50.5 Å². The molecule has 3 aromatic heterocycles. The van der Waals surface area contributed by atoms with Crippen LogP contribution in [0.2, 0.25) is 0 Å². The number of carboxylic acids is 1. The number of carbonyl (C=O) groups is 2. The summed E-state index contributed by atoms with van der Waals surface area (Å²) in [5.74, 6) is -2.78. The van der Waals surface area contributed by atoms with Crippen molar-refractivity contribution in [2.75, 3.05) is 20.8 Å². The zero-order valence-corrected chi connectivity index (χ0v) is 19.4. The molecule has 1 aromatic carbocycles. The van der Waals surface area contributed by atoms with Gasteiger partial charge in [0, 0.05) is 39.3 Å². The zero-order valence-electron chi connectivity index (χ0n) is 19.4. The first kappa shape index (κ1) is 25.8. The van der Waals surface area contributed by atoms with Gasteiger partial charge in [-0.25, -0.2) is 4.79 Å². The fourth-order valence-corrected chi connectivity index (χ4v) is 3.76. The van der Waals surface area contributed by atoms with Crippen LogP contribution in [-0.2, 0) is 29.7 Å². The van der Waals surface area contributed by atoms with Crippen LogP contribution >= 0.6 is 0 Å². The lowest BCUT2D eigenvalue weighted by atomic mass is 10.2. The number of alkyl halides is 3. The van der Waals surface area contributed by atoms with E-state index in [4.69, 9.17) is 14.6 Å². The van der Waals surface area contributed by atoms with Crippen LogP contribution in [0.5, 0.6) is 0 Å². The maximum atomic E-state index is 13.3. The number of benzene rings is 1. The van der Waals surface area contributed by atoms with Gasteiger partial charge in [0.15, 0.2) is 0 Å². The molecule has 4 aromatic rings. The highest BCUT2D eigenvalue weighted by molar-refractivity contribution is 6.10. The number of methoxy groups -OCH3 is 1. The zero-order chi connectivity index (χ0) is 25.8. The molecule has 11 heteroatoms. The number of pyridine rings is 1. The van der Waals surface area contributed by atoms with Crippen LogP contribution in [0.4, 0.5) is 13.2 Å². The van der Waals surface area contributed by atoms with Crippen LogP contribution in [0.15, 0.2) is 54.7 Å². The monoisotopic (exact) mass is 490 g/mol. The number of ether oxygens (including phenoxy) is 1. The third kappa shape index (κ3) is 5.62. The molecular weight excluding hydrogens is 465 g/mol. The predicted molar refractivity (Wildman–Crippen MR) is 124 cm³/mol. The summed E-state index contributed by atoms with van der Waals surface area (Å²) in [4.78, 5) is 28.2. The molecule has 0 saturated carbocycles. The number of para-hydroxylation sites is 1. The second-order valence-electron chi connectivity index (χ2n) is 7.77. The van der Waals surface area contributed by atoms with E-state index in [0.29, 0.717) is 25.4 Å². The van der Waals surface area contributed by atoms with Gasteiger partial charge in [0.2, 0.25) is 0 Å². The number of rotatable bonds is 6. The molecule has 0 fully saturated rings. The number of halogens is 3. The van der Waals surface area contributed by atoms with E-state index in [-0.39, 0.29) is 5.91 Å². The van der Waals surface area contributed by atoms with Crippen molar-refractivity contribution in [1.82, 2.24) is 19.0 Å². The fourth-order valence-electron chi connectivity index (χ4n) is 3.76. The summed E-state index contributed by atoms with van der Waals surface area (Å²) >= 11 is 0. The summed E-state index contributed by atoms with van der Waals surface area (Å²) < 4.78 is 41.3. The minimum atomic E-state index is -5.08. The normalized spacial score (nSPS) is 11.4. The maximum Gasteiger partial charge on any atom is 0.490 e. The number of aromatic nitrogens is 3. The number of hydrogen-bond donors (Lipinski definition) is 1. The highest BCUT2D eigenvalue weighted by Gasteiger charge is 2.38. The van der Waals surface area contributed by atoms with E-state index in [9.17, 15) is 18.0 Å². The first-order valence-corrected chi connectivity index (χ1v) is 10.6. The van der Waals surface area contributed by atoms with Crippen molar-refractivity contribution in [2.24, 2.45) is 7.05 Å². The number of fused-ring (bicyclic) bond motifs is 3. The van der Waals surface area contributed by atoms with Gasteiger partial charge in [0.05, 0.1) is 35.4 Å². The number of carbonyl (C=O) groups excluding carboxylic acids is 1. The number of amides is 1. The molecule has 3 heterocycles. The summed E-state index contributed by atoms with van der Waals surface area (Å²) in [5, 5.41) is 8.27. The Bertz CT molecular complexity index is 1330. The van der Waals surface area contributed by atoms with Crippen molar-refractivity contribution >= 4 is 33.8 Å². The fraction of sp³-hybridized carbons (Fsp3) is 0.292. The molecule has 0 bridgehead atoms. The third-order valence-electron chi connectivity index (χ3n) is 5.41. The largest absolute Gasteiger partial charge is 0.490 e. The van der Waals surface area contributed by atoms with Crippen molar-refractivity contribution in [3.63, 3.8) is 0 Å². The standard InChI is InChI=1S/C22H24N4O2.C2HF3O2/c1-24(15-16-8-6-7-11-23-16)22(27)20-14-19-21(26(20)12-13-28-3)17-9-4-5-10-18(17)25(19)2;3-2(4,5)1(6)7/h4-11,14H,12-13,15H2,1-3H3;(H,6,7). The Hall–Kier alpha value is -3.86. The summed E-state index contributed by atoms with van der Waals surface area (Å²) in [6.07, 6.45) is -3.34. The molecule has 0 aliphatic carbocycles. The van der Waals surface area contributed by atoms with E-state index < -0.39 is 12.1 Å². The van der Waals surface area contributed by atoms with Crippen molar-refractivity contribution in [3.05, 3.63) is 66.1 Å². The number of aliphatic carboxylic acids is 1. The minimum absolute atomic E-state index is 0.0259. The van der Waals surface area contributed by atoms with Crippen LogP contribution in [-0.4, -0.2) is 62.9 Å². The summed E-state index contributed by atoms with van der Waals surface area (Å²) in [6, 6.07) is 16.0. The highest BCUT2D eigenvalue weighted by atomic mass is 19.4. The van der Waals surface area contributed by atoms with Gasteiger partial charge < -0.3 is 23.9 Å². The van der Waals surface area contributed by atoms with Gasteiger partial charge >= 0.3 is 12.1 Å². The molecule has 1 N–H and O–H groups in total. The second-order valence-corrected chi connectivity index (χ2v) is 7.77. The highest BCUT2D eigenvalue weighted by Crippen LogP contribution is 2.31. The van der Waals surface area contributed by atoms with Crippen LogP contribution in [0.1, 0.15) is 16.2 Å². The van der Waals surface area contributed by atoms with Gasteiger partial charge in [0.25, 0.3) is 5.91 Å². The molecule has 4 rings (SSSR count). The number of aryl methyl sites for hydroxylation is 1. The van der Waals surface area contributed by atoms with Crippen molar-refractivity contribution < 1.29 is 32.6 Å². The van der Waals surface area contributed by atoms with E-state index in [0.717, 1.165) is 27.6 Å². The average molecular weight is 490 g/mol. The van der Waals surface area contributed by atoms with Crippen molar-refractivity contribution in [3.8, 4) is 0 Å². The summed E-state index contributed by atoms with van der Waals surface area (Å²) in [7, 11) is 5.53. The Balaban J connectivity index is 0.000000429. The van der Waals surface area contributed by atoms with Crippen LogP contribution < -0.4 is 0 Å². The summed E-state index contributed by atoms with van der Waals surface area (Å²) in [6.45, 7) is 1.62. The summed E-state index contributed by atoms with van der Waals surface area (Å²) in [5.41, 5.74) is 4.81. The van der Waals surface area contributed by atoms with E-state index in [1.165, 1.54) is 0 Å². The minimum Gasteiger partial charge on any atom is -0.475 e. The molecule has 0 aliphatic rings. The molecule has 0 unspecified atom stereocenters. The Morgan fingerprint density at radius 2 is 1.77 bits per heavy atom. The van der Waals surface area contributed by atoms with E-state index >= 15 is 0 Å². The molecule has 0 atom stereocenters. The smallest absolute Gasteiger partial charge is 0.475 e. The van der Waals surface area contributed by atoms with Crippen LogP contribution in [0, 0.1) is 0 Å². The number of nitrogens with zero attached hydrogens (tertiary/aromatic N) is 4. The SMILES string of the molecule is COCCn1c(C(=O)N(C)Cc2ccccn2)cc2c1c1ccccc1n2C.O=C(O)C(F)(F)F. The van der Waals surface area contributed by atoms with Gasteiger partial charge in [0.1, 0.15) is 5.69 Å². The van der Waals surface area contributed by atoms with Gasteiger partial charge in [-0.2, -0.15) is 13.2 Å².